The minimum atomic E-state index is -4.88. The van der Waals surface area contributed by atoms with Crippen LogP contribution < -0.4 is 45.3 Å². The molecule has 8 atom stereocenters. The Labute approximate surface area is 474 Å². The van der Waals surface area contributed by atoms with Gasteiger partial charge >= 0.3 is 0 Å². The van der Waals surface area contributed by atoms with Crippen molar-refractivity contribution in [2.45, 2.75) is 133 Å². The maximum atomic E-state index is 12.6. The topological polar surface area (TPSA) is 465 Å². The molecular weight excluding hydrogens is 1210 g/mol. The van der Waals surface area contributed by atoms with E-state index in [0.717, 1.165) is 6.26 Å². The van der Waals surface area contributed by atoms with Crippen LogP contribution in [0.15, 0.2) is 65.0 Å². The third kappa shape index (κ3) is 45.8. The van der Waals surface area contributed by atoms with Gasteiger partial charge in [-0.05, 0) is 116 Å². The van der Waals surface area contributed by atoms with Gasteiger partial charge < -0.3 is 110 Å². The van der Waals surface area contributed by atoms with Crippen molar-refractivity contribution in [2.24, 2.45) is 0 Å². The molecule has 3 rings (SSSR count). The number of aliphatic hydroxyl groups is 1. The van der Waals surface area contributed by atoms with Gasteiger partial charge in [-0.3, -0.25) is 27.4 Å². The van der Waals surface area contributed by atoms with E-state index in [2.05, 4.69) is 107 Å². The van der Waals surface area contributed by atoms with Crippen molar-refractivity contribution in [2.75, 3.05) is 73.9 Å². The zero-order chi connectivity index (χ0) is 62.6. The highest BCUT2D eigenvalue weighted by atomic mass is 31.2. The molecule has 81 heavy (non-hydrogen) atoms. The fourth-order valence-electron chi connectivity index (χ4n) is 6.57. The van der Waals surface area contributed by atoms with Crippen LogP contribution in [0.25, 0.3) is 0 Å². The lowest BCUT2D eigenvalue weighted by atomic mass is 9.95. The smallest absolute Gasteiger partial charge is 0.268 e. The molecule has 33 nitrogen and oxygen atoms in total. The molecule has 0 spiro atoms. The van der Waals surface area contributed by atoms with Gasteiger partial charge in [0.2, 0.25) is 0 Å². The molecule has 0 aromatic rings. The molecule has 0 aromatic heterocycles. The fourth-order valence-corrected chi connectivity index (χ4v) is 12.0. The Kier molecular flexibility index (Phi) is 49.7. The molecule has 0 radical (unpaired) electrons. The molecule has 3 aliphatic rings. The van der Waals surface area contributed by atoms with E-state index < -0.39 is 122 Å². The number of phosphoric acid groups is 6. The van der Waals surface area contributed by atoms with Crippen LogP contribution in [0.4, 0.5) is 0 Å². The van der Waals surface area contributed by atoms with E-state index in [1.165, 1.54) is 20.2 Å². The molecule has 482 valence electrons. The number of hydrogen-bond donors (Lipinski definition) is 5. The predicted octanol–water partition coefficient (Wildman–Crippen LogP) is 2.76. The number of phosphoric ester groups is 6. The van der Waals surface area contributed by atoms with Crippen molar-refractivity contribution in [3.63, 3.8) is 0 Å². The molecule has 3 aliphatic carbocycles. The molecule has 0 amide bonds. The molecule has 0 saturated heterocycles. The summed E-state index contributed by atoms with van der Waals surface area (Å²) in [6, 6.07) is -1.52. The molecular formula is C42H83N3O30P6-6. The van der Waals surface area contributed by atoms with E-state index >= 15 is 0 Å². The van der Waals surface area contributed by atoms with Gasteiger partial charge in [-0.1, -0.05) is 0 Å². The van der Waals surface area contributed by atoms with E-state index in [9.17, 15) is 56.8 Å². The van der Waals surface area contributed by atoms with Crippen LogP contribution in [-0.4, -0.2) is 133 Å². The number of allylic oxidation sites excluding steroid dienone is 1. The zero-order valence-electron chi connectivity index (χ0n) is 46.1. The van der Waals surface area contributed by atoms with Gasteiger partial charge in [-0.15, -0.1) is 52.6 Å². The first kappa shape index (κ1) is 84.1. The molecule has 0 aliphatic heterocycles. The lowest BCUT2D eigenvalue weighted by Gasteiger charge is -2.38. The largest absolute Gasteiger partial charge is 0.756 e. The molecule has 3 saturated carbocycles. The number of aliphatic hydroxyl groups excluding tert-OH is 1. The molecule has 8 unspecified atom stereocenters. The summed E-state index contributed by atoms with van der Waals surface area (Å²) in [6.45, 7) is 23.3. The molecule has 0 bridgehead atoms. The standard InChI is InChI=1S/C25H52N2O22P4.C9H21NO8P2.4C2H4/c1-4-13-37-47-49-48-38-14-15-39-50(29,30)40-18-21(27-3)19-42-52(33,34)44-23-7-11-25(12-8-23)46-53(35,36)45-24-9-5-22(6-10-24)43-51(31,32)41-17-20(16-28)26-2;1-10-6-7-16-20(14,15)18-9-4-2-8(3-5-9)17-19(11,12)13;4*1-2/h4,13,20-28H,5-12,14-19H2,1-3H3,(H,29,30)(H,31,32)(H,33,34)(H,35,36);8-10H,2-7H2,1H3,(H,14,15)(H2,11,12,13);4*1-2H2/p-6/b13-4+;;;;;. The van der Waals surface area contributed by atoms with Gasteiger partial charge in [0.1, 0.15) is 12.9 Å². The van der Waals surface area contributed by atoms with E-state index in [4.69, 9.17) is 46.2 Å². The molecule has 0 aromatic carbocycles. The van der Waals surface area contributed by atoms with E-state index in [1.54, 1.807) is 14.0 Å². The minimum absolute atomic E-state index is 0.0143. The lowest BCUT2D eigenvalue weighted by molar-refractivity contribution is -0.700. The van der Waals surface area contributed by atoms with Crippen LogP contribution >= 0.6 is 46.9 Å². The lowest BCUT2D eigenvalue weighted by Crippen LogP contribution is -2.36. The Morgan fingerprint density at radius 1 is 0.469 bits per heavy atom. The van der Waals surface area contributed by atoms with Crippen LogP contribution in [0.2, 0.25) is 0 Å². The van der Waals surface area contributed by atoms with Gasteiger partial charge in [-0.2, -0.15) is 0 Å². The summed E-state index contributed by atoms with van der Waals surface area (Å²) in [7, 11) is -23.7. The van der Waals surface area contributed by atoms with Gasteiger partial charge in [0, 0.05) is 16.6 Å². The van der Waals surface area contributed by atoms with E-state index in [1.807, 2.05) is 0 Å². The highest BCUT2D eigenvalue weighted by Crippen LogP contribution is 2.50. The Hall–Kier alpha value is -1.16. The second-order valence-electron chi connectivity index (χ2n) is 15.9. The zero-order valence-corrected chi connectivity index (χ0v) is 51.4. The van der Waals surface area contributed by atoms with E-state index in [-0.39, 0.29) is 84.0 Å². The average molecular weight is 1300 g/mol. The first-order valence-corrected chi connectivity index (χ1v) is 33.4. The third-order valence-electron chi connectivity index (χ3n) is 10.2. The summed E-state index contributed by atoms with van der Waals surface area (Å²) in [5, 5.41) is 29.2. The Bertz CT molecular complexity index is 1900. The van der Waals surface area contributed by atoms with Gasteiger partial charge in [0.15, 0.2) is 0 Å². The Balaban J connectivity index is -0.00000180. The predicted molar refractivity (Wildman–Crippen MR) is 279 cm³/mol. The monoisotopic (exact) mass is 1300 g/mol. The molecule has 39 heteroatoms. The van der Waals surface area contributed by atoms with Crippen LogP contribution in [0.3, 0.4) is 0 Å². The highest BCUT2D eigenvalue weighted by molar-refractivity contribution is 7.47. The van der Waals surface area contributed by atoms with Crippen molar-refractivity contribution in [1.82, 2.24) is 16.0 Å². The van der Waals surface area contributed by atoms with Gasteiger partial charge in [-0.25, -0.2) is 4.89 Å². The van der Waals surface area contributed by atoms with Crippen LogP contribution in [0.1, 0.15) is 84.0 Å². The molecule has 0 heterocycles. The minimum Gasteiger partial charge on any atom is -0.756 e. The van der Waals surface area contributed by atoms with E-state index in [0.29, 0.717) is 19.4 Å². The second-order valence-corrected chi connectivity index (χ2v) is 23.9. The van der Waals surface area contributed by atoms with Crippen molar-refractivity contribution in [1.29, 1.82) is 0 Å². The van der Waals surface area contributed by atoms with Crippen LogP contribution in [0.5, 0.6) is 0 Å². The summed E-state index contributed by atoms with van der Waals surface area (Å²) in [5.74, 6) is 0. The highest BCUT2D eigenvalue weighted by Gasteiger charge is 2.33. The summed E-state index contributed by atoms with van der Waals surface area (Å²) >= 11 is 0. The first-order chi connectivity index (χ1) is 38.2. The number of hydrogen-bond acceptors (Lipinski definition) is 32. The molecule has 3 fully saturated rings. The summed E-state index contributed by atoms with van der Waals surface area (Å²) in [4.78, 5) is 88.4. The fraction of sp³-hybridized carbons (Fsp3) is 0.762. The number of nitrogens with one attached hydrogen (secondary N) is 3. The van der Waals surface area contributed by atoms with Gasteiger partial charge in [0.25, 0.3) is 46.9 Å². The quantitative estimate of drug-likeness (QED) is 0.0149. The van der Waals surface area contributed by atoms with Crippen LogP contribution in [0, 0.1) is 0 Å². The summed E-state index contributed by atoms with van der Waals surface area (Å²) in [6.07, 6.45) is 0.655. The Morgan fingerprint density at radius 3 is 1.15 bits per heavy atom. The Morgan fingerprint density at radius 2 is 0.802 bits per heavy atom. The molecule has 5 N–H and O–H groups in total. The average Bonchev–Trinajstić information content (AvgIpc) is 3.42. The summed E-state index contributed by atoms with van der Waals surface area (Å²) in [5.41, 5.74) is 0. The van der Waals surface area contributed by atoms with Crippen molar-refractivity contribution in [3.8, 4) is 0 Å². The number of rotatable bonds is 37. The van der Waals surface area contributed by atoms with Crippen molar-refractivity contribution in [3.05, 3.63) is 65.0 Å². The first-order valence-electron chi connectivity index (χ1n) is 24.6. The van der Waals surface area contributed by atoms with Gasteiger partial charge in [0.05, 0.1) is 88.3 Å². The maximum Gasteiger partial charge on any atom is 0.268 e. The summed E-state index contributed by atoms with van der Waals surface area (Å²) < 4.78 is 125. The maximum absolute atomic E-state index is 12.6. The van der Waals surface area contributed by atoms with Crippen LogP contribution in [-0.2, 0) is 102 Å². The normalized spacial score (nSPS) is 25.1. The number of likely N-dealkylation sites (N-methyl/N-ethyl adjacent to an activating group) is 3. The van der Waals surface area contributed by atoms with Crippen molar-refractivity contribution >= 4 is 46.9 Å². The SMILES string of the molecule is C/C=C/OOOOOCCOP(=O)([O-])OCC(COP(=O)([O-])OC1CCC(OP(=O)([O-])OC2CCC(OP(=O)([O-])OCC(CO)NC)CC2)CC1)NC.C=C.C=C.C=C.C=C.CNCCOP(=O)([O-])OC1CCC(OP(=O)([O-])O)CC1. The van der Waals surface area contributed by atoms with Crippen molar-refractivity contribution < 1.29 is 141 Å². The second kappa shape index (κ2) is 47.9. The third-order valence-corrected chi connectivity index (χ3v) is 16.0.